The average molecular weight is 316 g/mol. The lowest BCUT2D eigenvalue weighted by molar-refractivity contribution is -0.145. The summed E-state index contributed by atoms with van der Waals surface area (Å²) in [7, 11) is 1.26. The van der Waals surface area contributed by atoms with Gasteiger partial charge < -0.3 is 9.64 Å². The molecule has 6 heteroatoms. The molecule has 0 saturated carbocycles. The Morgan fingerprint density at radius 1 is 1.22 bits per heavy atom. The second kappa shape index (κ2) is 7.49. The van der Waals surface area contributed by atoms with Gasteiger partial charge >= 0.3 is 5.97 Å². The zero-order valence-corrected chi connectivity index (χ0v) is 12.9. The van der Waals surface area contributed by atoms with Gasteiger partial charge in [0.2, 0.25) is 0 Å². The highest BCUT2D eigenvalue weighted by Crippen LogP contribution is 2.13. The fourth-order valence-electron chi connectivity index (χ4n) is 2.11. The first kappa shape index (κ1) is 16.6. The normalized spacial score (nSPS) is 11.6. The summed E-state index contributed by atoms with van der Waals surface area (Å²) >= 11 is 0. The number of halogens is 1. The van der Waals surface area contributed by atoms with Crippen LogP contribution < -0.4 is 0 Å². The first-order chi connectivity index (χ1) is 11.0. The molecule has 0 aliphatic rings. The number of ether oxygens (including phenoxy) is 1. The molecule has 0 aliphatic heterocycles. The van der Waals surface area contributed by atoms with Crippen LogP contribution >= 0.6 is 0 Å². The number of nitrogens with zero attached hydrogens (tertiary/aromatic N) is 2. The van der Waals surface area contributed by atoms with Crippen molar-refractivity contribution in [3.8, 4) is 0 Å². The van der Waals surface area contributed by atoms with Gasteiger partial charge in [-0.3, -0.25) is 4.79 Å². The van der Waals surface area contributed by atoms with E-state index in [9.17, 15) is 14.0 Å². The number of hydrogen-bond acceptors (Lipinski definition) is 4. The van der Waals surface area contributed by atoms with E-state index in [1.54, 1.807) is 6.92 Å². The molecule has 0 N–H and O–H groups in total. The molecule has 0 saturated heterocycles. The van der Waals surface area contributed by atoms with Crippen molar-refractivity contribution in [3.05, 3.63) is 65.7 Å². The number of methoxy groups -OCH3 is 1. The van der Waals surface area contributed by atoms with Gasteiger partial charge in [0.1, 0.15) is 17.6 Å². The van der Waals surface area contributed by atoms with Crippen LogP contribution in [0.4, 0.5) is 4.39 Å². The van der Waals surface area contributed by atoms with Crippen molar-refractivity contribution in [2.24, 2.45) is 0 Å². The van der Waals surface area contributed by atoms with Crippen molar-refractivity contribution >= 4 is 11.9 Å². The molecule has 0 bridgehead atoms. The smallest absolute Gasteiger partial charge is 0.328 e. The number of benzene rings is 1. The molecule has 0 spiro atoms. The third kappa shape index (κ3) is 4.12. The second-order valence-electron chi connectivity index (χ2n) is 4.98. The fourth-order valence-corrected chi connectivity index (χ4v) is 2.11. The number of pyridine rings is 1. The van der Waals surface area contributed by atoms with E-state index in [2.05, 4.69) is 4.98 Å². The zero-order chi connectivity index (χ0) is 16.8. The van der Waals surface area contributed by atoms with Gasteiger partial charge in [0.05, 0.1) is 13.3 Å². The molecule has 1 aromatic heterocycles. The summed E-state index contributed by atoms with van der Waals surface area (Å²) in [4.78, 5) is 29.6. The van der Waals surface area contributed by atoms with Crippen LogP contribution in [0.15, 0.2) is 48.7 Å². The van der Waals surface area contributed by atoms with E-state index in [0.717, 1.165) is 17.8 Å². The van der Waals surface area contributed by atoms with Gasteiger partial charge in [-0.15, -0.1) is 0 Å². The van der Waals surface area contributed by atoms with Gasteiger partial charge in [-0.25, -0.2) is 14.2 Å². The highest BCUT2D eigenvalue weighted by molar-refractivity contribution is 5.95. The maximum absolute atomic E-state index is 13.0. The molecule has 2 aromatic rings. The Morgan fingerprint density at radius 2 is 1.91 bits per heavy atom. The van der Waals surface area contributed by atoms with Crippen LogP contribution in [-0.2, 0) is 16.1 Å². The van der Waals surface area contributed by atoms with Crippen LogP contribution in [0.1, 0.15) is 23.0 Å². The second-order valence-corrected chi connectivity index (χ2v) is 4.98. The number of aromatic nitrogens is 1. The van der Waals surface area contributed by atoms with Crippen LogP contribution in [-0.4, -0.2) is 34.9 Å². The lowest BCUT2D eigenvalue weighted by Gasteiger charge is -2.27. The molecule has 0 fully saturated rings. The number of esters is 1. The first-order valence-electron chi connectivity index (χ1n) is 7.07. The topological polar surface area (TPSA) is 59.5 Å². The van der Waals surface area contributed by atoms with E-state index in [-0.39, 0.29) is 12.2 Å². The van der Waals surface area contributed by atoms with Crippen molar-refractivity contribution in [2.75, 3.05) is 7.11 Å². The Hall–Kier alpha value is -2.76. The quantitative estimate of drug-likeness (QED) is 0.795. The number of carbonyl (C=O) groups excluding carboxylic acids is 2. The third-order valence-electron chi connectivity index (χ3n) is 3.41. The van der Waals surface area contributed by atoms with Gasteiger partial charge in [-0.2, -0.15) is 0 Å². The summed E-state index contributed by atoms with van der Waals surface area (Å²) in [6.07, 6.45) is 0.969. The van der Waals surface area contributed by atoms with Crippen LogP contribution in [0, 0.1) is 5.82 Å². The predicted octanol–water partition coefficient (Wildman–Crippen LogP) is 2.42. The Balaban J connectivity index is 2.30. The number of carbonyl (C=O) groups is 2. The molecule has 2 rings (SSSR count). The molecule has 23 heavy (non-hydrogen) atoms. The molecule has 0 aliphatic carbocycles. The molecule has 0 radical (unpaired) electrons. The van der Waals surface area contributed by atoms with Gasteiger partial charge in [-0.1, -0.05) is 30.3 Å². The summed E-state index contributed by atoms with van der Waals surface area (Å²) in [6, 6.07) is 10.9. The minimum absolute atomic E-state index is 0.0677. The lowest BCUT2D eigenvalue weighted by atomic mass is 10.1. The van der Waals surface area contributed by atoms with Crippen molar-refractivity contribution in [3.63, 3.8) is 0 Å². The van der Waals surface area contributed by atoms with E-state index < -0.39 is 23.7 Å². The van der Waals surface area contributed by atoms with Crippen LogP contribution in [0.3, 0.4) is 0 Å². The molecular formula is C17H17FN2O3. The molecule has 1 heterocycles. The number of amides is 1. The average Bonchev–Trinajstić information content (AvgIpc) is 2.59. The minimum atomic E-state index is -0.792. The lowest BCUT2D eigenvalue weighted by Crippen LogP contribution is -2.43. The van der Waals surface area contributed by atoms with Crippen molar-refractivity contribution < 1.29 is 18.7 Å². The van der Waals surface area contributed by atoms with Crippen LogP contribution in [0.25, 0.3) is 0 Å². The Kier molecular flexibility index (Phi) is 5.41. The molecule has 1 amide bonds. The molecule has 120 valence electrons. The van der Waals surface area contributed by atoms with E-state index >= 15 is 0 Å². The van der Waals surface area contributed by atoms with Crippen LogP contribution in [0.2, 0.25) is 0 Å². The zero-order valence-electron chi connectivity index (χ0n) is 12.9. The molecule has 1 atom stereocenters. The van der Waals surface area contributed by atoms with Crippen molar-refractivity contribution in [1.29, 1.82) is 0 Å². The van der Waals surface area contributed by atoms with E-state index in [1.807, 2.05) is 30.3 Å². The molecule has 0 unspecified atom stereocenters. The van der Waals surface area contributed by atoms with E-state index in [1.165, 1.54) is 18.1 Å². The Morgan fingerprint density at radius 3 is 2.48 bits per heavy atom. The highest BCUT2D eigenvalue weighted by Gasteiger charge is 2.28. The monoisotopic (exact) mass is 316 g/mol. The van der Waals surface area contributed by atoms with E-state index in [0.29, 0.717) is 0 Å². The molecular weight excluding hydrogens is 299 g/mol. The standard InChI is InChI=1S/C17H17FN2O3/c1-12(17(22)23-2)20(11-13-6-4-3-5-7-13)16(21)15-9-8-14(18)10-19-15/h3-10,12H,11H2,1-2H3/t12-/m0/s1. The number of rotatable bonds is 5. The third-order valence-corrected chi connectivity index (χ3v) is 3.41. The van der Waals surface area contributed by atoms with Gasteiger partial charge in [-0.05, 0) is 24.6 Å². The Bertz CT molecular complexity index is 674. The predicted molar refractivity (Wildman–Crippen MR) is 82.0 cm³/mol. The summed E-state index contributed by atoms with van der Waals surface area (Å²) in [5.74, 6) is -1.53. The van der Waals surface area contributed by atoms with Gasteiger partial charge in [0.25, 0.3) is 5.91 Å². The van der Waals surface area contributed by atoms with Crippen LogP contribution in [0.5, 0.6) is 0 Å². The van der Waals surface area contributed by atoms with Gasteiger partial charge in [0.15, 0.2) is 0 Å². The summed E-state index contributed by atoms with van der Waals surface area (Å²) < 4.78 is 17.7. The Labute approximate surface area is 133 Å². The fraction of sp³-hybridized carbons (Fsp3) is 0.235. The summed E-state index contributed by atoms with van der Waals surface area (Å²) in [5.41, 5.74) is 0.928. The SMILES string of the molecule is COC(=O)[C@H](C)N(Cc1ccccc1)C(=O)c1ccc(F)cn1. The first-order valence-corrected chi connectivity index (χ1v) is 7.07. The van der Waals surface area contributed by atoms with Crippen molar-refractivity contribution in [1.82, 2.24) is 9.88 Å². The minimum Gasteiger partial charge on any atom is -0.467 e. The summed E-state index contributed by atoms with van der Waals surface area (Å²) in [5, 5.41) is 0. The molecule has 1 aromatic carbocycles. The van der Waals surface area contributed by atoms with Gasteiger partial charge in [0, 0.05) is 6.54 Å². The number of hydrogen-bond donors (Lipinski definition) is 0. The maximum Gasteiger partial charge on any atom is 0.328 e. The largest absolute Gasteiger partial charge is 0.467 e. The highest BCUT2D eigenvalue weighted by atomic mass is 19.1. The van der Waals surface area contributed by atoms with Crippen molar-refractivity contribution in [2.45, 2.75) is 19.5 Å². The van der Waals surface area contributed by atoms with E-state index in [4.69, 9.17) is 4.74 Å². The summed E-state index contributed by atoms with van der Waals surface area (Å²) in [6.45, 7) is 1.80. The maximum atomic E-state index is 13.0. The molecule has 5 nitrogen and oxygen atoms in total.